The molecule has 0 amide bonds. The quantitative estimate of drug-likeness (QED) is 0.868. The molecule has 0 atom stereocenters. The molecular formula is C13H16N4O2S. The van der Waals surface area contributed by atoms with E-state index in [1.807, 2.05) is 6.92 Å². The Bertz CT molecular complexity index is 701. The maximum absolute atomic E-state index is 12.3. The van der Waals surface area contributed by atoms with Crippen molar-refractivity contribution < 1.29 is 8.42 Å². The van der Waals surface area contributed by atoms with E-state index in [4.69, 9.17) is 0 Å². The van der Waals surface area contributed by atoms with Gasteiger partial charge in [-0.05, 0) is 36.2 Å². The Labute approximate surface area is 118 Å². The predicted octanol–water partition coefficient (Wildman–Crippen LogP) is 1.31. The molecule has 2 heterocycles. The van der Waals surface area contributed by atoms with Crippen LogP contribution in [-0.2, 0) is 16.6 Å². The van der Waals surface area contributed by atoms with Gasteiger partial charge in [0.15, 0.2) is 5.03 Å². The molecule has 0 aliphatic rings. The van der Waals surface area contributed by atoms with Crippen LogP contribution >= 0.6 is 0 Å². The highest BCUT2D eigenvalue weighted by molar-refractivity contribution is 7.89. The molecule has 0 radical (unpaired) electrons. The Morgan fingerprint density at radius 2 is 2.05 bits per heavy atom. The van der Waals surface area contributed by atoms with Crippen LogP contribution in [0.15, 0.2) is 41.8 Å². The molecule has 0 spiro atoms. The van der Waals surface area contributed by atoms with E-state index in [-0.39, 0.29) is 11.6 Å². The molecule has 7 heteroatoms. The van der Waals surface area contributed by atoms with Gasteiger partial charge in [-0.15, -0.1) is 0 Å². The summed E-state index contributed by atoms with van der Waals surface area (Å²) in [6, 6.07) is 5.13. The molecule has 0 aliphatic carbocycles. The average Bonchev–Trinajstić information content (AvgIpc) is 2.46. The summed E-state index contributed by atoms with van der Waals surface area (Å²) in [7, 11) is -2.01. The second-order valence-corrected chi connectivity index (χ2v) is 5.92. The van der Waals surface area contributed by atoms with Gasteiger partial charge in [0.2, 0.25) is 0 Å². The van der Waals surface area contributed by atoms with E-state index in [0.717, 1.165) is 11.1 Å². The van der Waals surface area contributed by atoms with Crippen LogP contribution in [0.25, 0.3) is 0 Å². The van der Waals surface area contributed by atoms with Crippen LogP contribution in [0.1, 0.15) is 11.1 Å². The summed E-state index contributed by atoms with van der Waals surface area (Å²) >= 11 is 0. The van der Waals surface area contributed by atoms with Crippen molar-refractivity contribution >= 4 is 15.7 Å². The first-order chi connectivity index (χ1) is 9.54. The fraction of sp³-hybridized carbons (Fsp3) is 0.231. The minimum absolute atomic E-state index is 0.00536. The summed E-state index contributed by atoms with van der Waals surface area (Å²) in [6.45, 7) is 2.09. The molecule has 0 saturated heterocycles. The second kappa shape index (κ2) is 5.98. The maximum atomic E-state index is 12.3. The number of aryl methyl sites for hydroxylation is 1. The summed E-state index contributed by atoms with van der Waals surface area (Å²) in [5.74, 6) is 0. The molecule has 0 aromatic carbocycles. The molecule has 20 heavy (non-hydrogen) atoms. The lowest BCUT2D eigenvalue weighted by molar-refractivity contribution is 0.577. The van der Waals surface area contributed by atoms with Gasteiger partial charge in [0.1, 0.15) is 0 Å². The number of nitrogens with zero attached hydrogens (tertiary/aromatic N) is 2. The Morgan fingerprint density at radius 3 is 2.75 bits per heavy atom. The van der Waals surface area contributed by atoms with Crippen LogP contribution < -0.4 is 10.0 Å². The zero-order chi connectivity index (χ0) is 14.6. The van der Waals surface area contributed by atoms with Gasteiger partial charge in [0.25, 0.3) is 10.0 Å². The number of aromatic nitrogens is 2. The standard InChI is InChI=1S/C13H16N4O2S/c1-10-8-15-7-5-11(10)9-17-20(18,19)13-12(14-2)4-3-6-16-13/h3-8,14,17H,9H2,1-2H3. The van der Waals surface area contributed by atoms with Gasteiger partial charge in [-0.2, -0.15) is 0 Å². The van der Waals surface area contributed by atoms with Crippen molar-refractivity contribution in [3.05, 3.63) is 47.9 Å². The summed E-state index contributed by atoms with van der Waals surface area (Å²) in [5.41, 5.74) is 2.28. The fourth-order valence-electron chi connectivity index (χ4n) is 1.74. The highest BCUT2D eigenvalue weighted by Crippen LogP contribution is 2.17. The first-order valence-corrected chi connectivity index (χ1v) is 7.55. The minimum Gasteiger partial charge on any atom is -0.386 e. The van der Waals surface area contributed by atoms with Gasteiger partial charge in [0, 0.05) is 32.2 Å². The molecular weight excluding hydrogens is 276 g/mol. The van der Waals surface area contributed by atoms with Crippen molar-refractivity contribution in [3.8, 4) is 0 Å². The van der Waals surface area contributed by atoms with Crippen LogP contribution in [0.5, 0.6) is 0 Å². The second-order valence-electron chi connectivity index (χ2n) is 4.23. The van der Waals surface area contributed by atoms with Crippen molar-refractivity contribution in [2.75, 3.05) is 12.4 Å². The van der Waals surface area contributed by atoms with Gasteiger partial charge in [-0.1, -0.05) is 0 Å². The normalized spacial score (nSPS) is 11.3. The third-order valence-electron chi connectivity index (χ3n) is 2.88. The molecule has 106 valence electrons. The maximum Gasteiger partial charge on any atom is 0.260 e. The predicted molar refractivity (Wildman–Crippen MR) is 76.8 cm³/mol. The van der Waals surface area contributed by atoms with E-state index in [1.54, 1.807) is 37.6 Å². The van der Waals surface area contributed by atoms with Crippen molar-refractivity contribution in [3.63, 3.8) is 0 Å². The fourth-order valence-corrected chi connectivity index (χ4v) is 2.88. The number of hydrogen-bond acceptors (Lipinski definition) is 5. The SMILES string of the molecule is CNc1cccnc1S(=O)(=O)NCc1ccncc1C. The van der Waals surface area contributed by atoms with E-state index in [1.165, 1.54) is 6.20 Å². The minimum atomic E-state index is -3.66. The third kappa shape index (κ3) is 3.12. The summed E-state index contributed by atoms with van der Waals surface area (Å²) < 4.78 is 27.1. The largest absolute Gasteiger partial charge is 0.386 e. The van der Waals surface area contributed by atoms with Crippen LogP contribution in [0, 0.1) is 6.92 Å². The number of hydrogen-bond donors (Lipinski definition) is 2. The zero-order valence-electron chi connectivity index (χ0n) is 11.3. The molecule has 6 nitrogen and oxygen atoms in total. The average molecular weight is 292 g/mol. The third-order valence-corrected chi connectivity index (χ3v) is 4.24. The number of rotatable bonds is 5. The Hall–Kier alpha value is -1.99. The highest BCUT2D eigenvalue weighted by Gasteiger charge is 2.19. The van der Waals surface area contributed by atoms with Crippen molar-refractivity contribution in [1.82, 2.24) is 14.7 Å². The number of sulfonamides is 1. The molecule has 0 aliphatic heterocycles. The van der Waals surface area contributed by atoms with Crippen molar-refractivity contribution in [2.24, 2.45) is 0 Å². The Balaban J connectivity index is 2.22. The summed E-state index contributed by atoms with van der Waals surface area (Å²) in [5, 5.41) is 2.81. The molecule has 2 rings (SSSR count). The molecule has 0 fully saturated rings. The smallest absolute Gasteiger partial charge is 0.260 e. The summed E-state index contributed by atoms with van der Waals surface area (Å²) in [6.07, 6.45) is 4.78. The Kier molecular flexibility index (Phi) is 4.31. The highest BCUT2D eigenvalue weighted by atomic mass is 32.2. The van der Waals surface area contributed by atoms with Gasteiger partial charge < -0.3 is 5.32 Å². The van der Waals surface area contributed by atoms with Crippen molar-refractivity contribution in [2.45, 2.75) is 18.5 Å². The molecule has 2 N–H and O–H groups in total. The van der Waals surface area contributed by atoms with E-state index in [9.17, 15) is 8.42 Å². The molecule has 2 aromatic heterocycles. The zero-order valence-corrected chi connectivity index (χ0v) is 12.1. The van der Waals surface area contributed by atoms with Crippen LogP contribution in [0.3, 0.4) is 0 Å². The van der Waals surface area contributed by atoms with Crippen molar-refractivity contribution in [1.29, 1.82) is 0 Å². The van der Waals surface area contributed by atoms with E-state index >= 15 is 0 Å². The summed E-state index contributed by atoms with van der Waals surface area (Å²) in [4.78, 5) is 7.91. The van der Waals surface area contributed by atoms with Crippen LogP contribution in [0.2, 0.25) is 0 Å². The van der Waals surface area contributed by atoms with E-state index in [0.29, 0.717) is 5.69 Å². The van der Waals surface area contributed by atoms with Gasteiger partial charge >= 0.3 is 0 Å². The monoisotopic (exact) mass is 292 g/mol. The number of nitrogens with one attached hydrogen (secondary N) is 2. The van der Waals surface area contributed by atoms with Gasteiger partial charge in [-0.3, -0.25) is 4.98 Å². The lowest BCUT2D eigenvalue weighted by Gasteiger charge is -2.10. The van der Waals surface area contributed by atoms with Gasteiger partial charge in [-0.25, -0.2) is 18.1 Å². The van der Waals surface area contributed by atoms with E-state index < -0.39 is 10.0 Å². The number of anilines is 1. The van der Waals surface area contributed by atoms with Gasteiger partial charge in [0.05, 0.1) is 5.69 Å². The van der Waals surface area contributed by atoms with Crippen LogP contribution in [-0.4, -0.2) is 25.4 Å². The lowest BCUT2D eigenvalue weighted by Crippen LogP contribution is -2.25. The topological polar surface area (TPSA) is 84.0 Å². The molecule has 0 bridgehead atoms. The first kappa shape index (κ1) is 14.4. The van der Waals surface area contributed by atoms with Crippen LogP contribution in [0.4, 0.5) is 5.69 Å². The molecule has 2 aromatic rings. The number of pyridine rings is 2. The Morgan fingerprint density at radius 1 is 1.25 bits per heavy atom. The molecule has 0 saturated carbocycles. The van der Waals surface area contributed by atoms with E-state index in [2.05, 4.69) is 20.0 Å². The first-order valence-electron chi connectivity index (χ1n) is 6.06. The lowest BCUT2D eigenvalue weighted by atomic mass is 10.2. The molecule has 0 unspecified atom stereocenters.